The molecule has 2 unspecified atom stereocenters. The second-order valence-corrected chi connectivity index (χ2v) is 8.72. The highest BCUT2D eigenvalue weighted by Crippen LogP contribution is 2.14. The average Bonchev–Trinajstić information content (AvgIpc) is 2.84. The van der Waals surface area contributed by atoms with Gasteiger partial charge in [0.15, 0.2) is 0 Å². The van der Waals surface area contributed by atoms with Crippen LogP contribution in [0.5, 0.6) is 0 Å². The molecule has 0 aliphatic rings. The second kappa shape index (κ2) is 20.5. The van der Waals surface area contributed by atoms with Crippen molar-refractivity contribution >= 4 is 11.9 Å². The Morgan fingerprint density at radius 2 is 1.53 bits per heavy atom. The maximum absolute atomic E-state index is 12.4. The van der Waals surface area contributed by atoms with Crippen LogP contribution < -0.4 is 5.32 Å². The van der Waals surface area contributed by atoms with Crippen LogP contribution in [-0.2, 0) is 30.4 Å². The molecule has 194 valence electrons. The summed E-state index contributed by atoms with van der Waals surface area (Å²) in [4.78, 5) is 23.9. The number of hydrogen-bond donors (Lipinski definition) is 1. The first kappa shape index (κ1) is 30.1. The number of carbonyl (C=O) groups excluding carboxylic acids is 2. The van der Waals surface area contributed by atoms with Gasteiger partial charge in [-0.1, -0.05) is 75.8 Å². The van der Waals surface area contributed by atoms with E-state index in [1.807, 2.05) is 32.0 Å². The Kier molecular flexibility index (Phi) is 18.1. The van der Waals surface area contributed by atoms with Gasteiger partial charge in [-0.3, -0.25) is 9.59 Å². The van der Waals surface area contributed by atoms with Crippen molar-refractivity contribution in [2.75, 3.05) is 19.8 Å². The number of rotatable bonds is 21. The van der Waals surface area contributed by atoms with Gasteiger partial charge in [0, 0.05) is 6.42 Å². The highest BCUT2D eigenvalue weighted by Gasteiger charge is 2.19. The number of unbranched alkanes of at least 4 members (excludes halogenated alkanes) is 5. The molecule has 0 bridgehead atoms. The lowest BCUT2D eigenvalue weighted by Crippen LogP contribution is -2.39. The van der Waals surface area contributed by atoms with Crippen molar-refractivity contribution in [3.05, 3.63) is 35.9 Å². The highest BCUT2D eigenvalue weighted by atomic mass is 16.5. The standard InChI is InChI=1S/C28H47NO5/c1-4-7-11-18-25(34-23-24-16-12-10-13-17-24)21-22-29-26(28(31)33-6-3)19-14-8-9-15-20-27(30)32-5-2/h10,12-13,16-17,25-26,29H,4-9,11,14-15,18-23H2,1-3H3. The Hall–Kier alpha value is -1.92. The van der Waals surface area contributed by atoms with Gasteiger partial charge < -0.3 is 19.5 Å². The highest BCUT2D eigenvalue weighted by molar-refractivity contribution is 5.75. The van der Waals surface area contributed by atoms with Gasteiger partial charge in [-0.2, -0.15) is 0 Å². The van der Waals surface area contributed by atoms with E-state index in [1.54, 1.807) is 0 Å². The van der Waals surface area contributed by atoms with Crippen molar-refractivity contribution in [2.24, 2.45) is 0 Å². The van der Waals surface area contributed by atoms with Crippen molar-refractivity contribution in [3.63, 3.8) is 0 Å². The molecular formula is C28H47NO5. The largest absolute Gasteiger partial charge is 0.466 e. The molecule has 0 spiro atoms. The molecule has 0 saturated heterocycles. The molecule has 1 rings (SSSR count). The molecule has 0 saturated carbocycles. The van der Waals surface area contributed by atoms with Gasteiger partial charge in [0.25, 0.3) is 0 Å². The Labute approximate surface area is 207 Å². The minimum Gasteiger partial charge on any atom is -0.466 e. The first-order valence-electron chi connectivity index (χ1n) is 13.3. The monoisotopic (exact) mass is 477 g/mol. The van der Waals surface area contributed by atoms with Gasteiger partial charge in [-0.15, -0.1) is 0 Å². The van der Waals surface area contributed by atoms with E-state index in [0.717, 1.165) is 57.9 Å². The third kappa shape index (κ3) is 15.1. The summed E-state index contributed by atoms with van der Waals surface area (Å²) in [6.07, 6.45) is 10.5. The number of esters is 2. The molecule has 2 atom stereocenters. The normalized spacial score (nSPS) is 12.8. The predicted molar refractivity (Wildman–Crippen MR) is 137 cm³/mol. The minimum absolute atomic E-state index is 0.128. The van der Waals surface area contributed by atoms with Crippen LogP contribution in [0.2, 0.25) is 0 Å². The van der Waals surface area contributed by atoms with Crippen LogP contribution in [0.25, 0.3) is 0 Å². The Morgan fingerprint density at radius 1 is 0.824 bits per heavy atom. The van der Waals surface area contributed by atoms with E-state index < -0.39 is 0 Å². The predicted octanol–water partition coefficient (Wildman–Crippen LogP) is 5.97. The summed E-state index contributed by atoms with van der Waals surface area (Å²) in [7, 11) is 0. The fourth-order valence-electron chi connectivity index (χ4n) is 3.89. The van der Waals surface area contributed by atoms with E-state index in [-0.39, 0.29) is 24.1 Å². The van der Waals surface area contributed by atoms with E-state index >= 15 is 0 Å². The van der Waals surface area contributed by atoms with Crippen LogP contribution in [0.3, 0.4) is 0 Å². The van der Waals surface area contributed by atoms with Gasteiger partial charge in [0.05, 0.1) is 25.9 Å². The summed E-state index contributed by atoms with van der Waals surface area (Å²) in [6.45, 7) is 8.03. The second-order valence-electron chi connectivity index (χ2n) is 8.72. The summed E-state index contributed by atoms with van der Waals surface area (Å²) >= 11 is 0. The van der Waals surface area contributed by atoms with Crippen molar-refractivity contribution in [1.29, 1.82) is 0 Å². The van der Waals surface area contributed by atoms with Gasteiger partial charge in [-0.25, -0.2) is 0 Å². The Balaban J connectivity index is 2.42. The molecule has 0 heterocycles. The fourth-order valence-corrected chi connectivity index (χ4v) is 3.89. The van der Waals surface area contributed by atoms with Gasteiger partial charge >= 0.3 is 11.9 Å². The van der Waals surface area contributed by atoms with Crippen LogP contribution in [-0.4, -0.2) is 43.8 Å². The lowest BCUT2D eigenvalue weighted by Gasteiger charge is -2.21. The number of carbonyl (C=O) groups is 2. The fraction of sp³-hybridized carbons (Fsp3) is 0.714. The van der Waals surface area contributed by atoms with E-state index in [2.05, 4.69) is 24.4 Å². The molecule has 1 aromatic rings. The summed E-state index contributed by atoms with van der Waals surface area (Å²) in [5, 5.41) is 3.42. The number of hydrogen-bond acceptors (Lipinski definition) is 6. The summed E-state index contributed by atoms with van der Waals surface area (Å²) in [6, 6.07) is 9.97. The first-order chi connectivity index (χ1) is 16.6. The zero-order valence-corrected chi connectivity index (χ0v) is 21.7. The molecule has 1 aromatic carbocycles. The van der Waals surface area contributed by atoms with Crippen LogP contribution in [0.15, 0.2) is 30.3 Å². The molecule has 0 radical (unpaired) electrons. The van der Waals surface area contributed by atoms with Crippen LogP contribution in [0, 0.1) is 0 Å². The molecule has 0 aromatic heterocycles. The van der Waals surface area contributed by atoms with E-state index in [1.165, 1.54) is 18.4 Å². The van der Waals surface area contributed by atoms with E-state index in [0.29, 0.717) is 26.2 Å². The zero-order valence-electron chi connectivity index (χ0n) is 21.7. The van der Waals surface area contributed by atoms with Crippen molar-refractivity contribution in [3.8, 4) is 0 Å². The first-order valence-corrected chi connectivity index (χ1v) is 13.3. The molecule has 0 aliphatic heterocycles. The third-order valence-electron chi connectivity index (χ3n) is 5.82. The topological polar surface area (TPSA) is 73.9 Å². The lowest BCUT2D eigenvalue weighted by atomic mass is 10.0. The molecule has 0 amide bonds. The summed E-state index contributed by atoms with van der Waals surface area (Å²) in [5.74, 6) is -0.307. The Bertz CT molecular complexity index is 637. The van der Waals surface area contributed by atoms with Gasteiger partial charge in [0.1, 0.15) is 6.04 Å². The lowest BCUT2D eigenvalue weighted by molar-refractivity contribution is -0.146. The van der Waals surface area contributed by atoms with Crippen molar-refractivity contribution < 1.29 is 23.8 Å². The number of nitrogens with one attached hydrogen (secondary N) is 1. The third-order valence-corrected chi connectivity index (χ3v) is 5.82. The van der Waals surface area contributed by atoms with Gasteiger partial charge in [-0.05, 0) is 51.6 Å². The minimum atomic E-state index is -0.296. The maximum atomic E-state index is 12.4. The number of ether oxygens (including phenoxy) is 3. The van der Waals surface area contributed by atoms with Gasteiger partial charge in [0.2, 0.25) is 0 Å². The number of benzene rings is 1. The quantitative estimate of drug-likeness (QED) is 0.174. The van der Waals surface area contributed by atoms with E-state index in [9.17, 15) is 9.59 Å². The SMILES string of the molecule is CCCCCC(CCNC(CCCCCCC(=O)OCC)C(=O)OCC)OCc1ccccc1. The van der Waals surface area contributed by atoms with Crippen LogP contribution in [0.1, 0.15) is 97.0 Å². The molecular weight excluding hydrogens is 430 g/mol. The molecule has 1 N–H and O–H groups in total. The molecule has 6 nitrogen and oxygen atoms in total. The Morgan fingerprint density at radius 3 is 2.24 bits per heavy atom. The molecule has 6 heteroatoms. The zero-order chi connectivity index (χ0) is 24.9. The van der Waals surface area contributed by atoms with Crippen molar-refractivity contribution in [2.45, 2.75) is 110 Å². The molecule has 0 fully saturated rings. The summed E-state index contributed by atoms with van der Waals surface area (Å²) < 4.78 is 16.5. The maximum Gasteiger partial charge on any atom is 0.323 e. The average molecular weight is 478 g/mol. The van der Waals surface area contributed by atoms with E-state index in [4.69, 9.17) is 14.2 Å². The van der Waals surface area contributed by atoms with Crippen LogP contribution in [0.4, 0.5) is 0 Å². The molecule has 34 heavy (non-hydrogen) atoms. The van der Waals surface area contributed by atoms with Crippen molar-refractivity contribution in [1.82, 2.24) is 5.32 Å². The summed E-state index contributed by atoms with van der Waals surface area (Å²) in [5.41, 5.74) is 1.18. The smallest absolute Gasteiger partial charge is 0.323 e. The molecule has 0 aliphatic carbocycles. The van der Waals surface area contributed by atoms with Crippen LogP contribution >= 0.6 is 0 Å².